The second kappa shape index (κ2) is 7.95. The number of hydrogen-bond acceptors (Lipinski definition) is 5. The Bertz CT molecular complexity index is 1060. The predicted molar refractivity (Wildman–Crippen MR) is 104 cm³/mol. The minimum atomic E-state index is -3.85. The monoisotopic (exact) mass is 471 g/mol. The number of rotatable bonds is 6. The number of amides is 1. The summed E-state index contributed by atoms with van der Waals surface area (Å²) < 4.78 is 45.4. The third-order valence-corrected chi connectivity index (χ3v) is 7.58. The minimum absolute atomic E-state index is 0.00907. The highest BCUT2D eigenvalue weighted by Crippen LogP contribution is 2.32. The van der Waals surface area contributed by atoms with Crippen LogP contribution in [0.3, 0.4) is 0 Å². The molecule has 9 heteroatoms. The summed E-state index contributed by atoms with van der Waals surface area (Å²) in [6.07, 6.45) is 0. The molecule has 0 fully saturated rings. The molecule has 0 aliphatic heterocycles. The van der Waals surface area contributed by atoms with Crippen LogP contribution in [0.1, 0.15) is 26.2 Å². The fourth-order valence-electron chi connectivity index (χ4n) is 2.50. The summed E-state index contributed by atoms with van der Waals surface area (Å²) in [4.78, 5) is 12.8. The van der Waals surface area contributed by atoms with Crippen molar-refractivity contribution in [2.45, 2.75) is 17.1 Å². The van der Waals surface area contributed by atoms with Gasteiger partial charge in [-0.2, -0.15) is 0 Å². The maximum Gasteiger partial charge on any atom is 0.287 e. The number of carbonyl (C=O) groups excluding carboxylic acids is 1. The lowest BCUT2D eigenvalue weighted by Crippen LogP contribution is -2.31. The van der Waals surface area contributed by atoms with E-state index in [1.54, 1.807) is 23.6 Å². The lowest BCUT2D eigenvalue weighted by Gasteiger charge is -2.17. The molecule has 0 bridgehead atoms. The summed E-state index contributed by atoms with van der Waals surface area (Å²) in [7, 11) is -3.85. The Kier molecular flexibility index (Phi) is 5.83. The number of carbonyl (C=O) groups is 1. The minimum Gasteiger partial charge on any atom is -0.444 e. The van der Waals surface area contributed by atoms with Crippen molar-refractivity contribution in [1.29, 1.82) is 0 Å². The first-order chi connectivity index (χ1) is 12.8. The van der Waals surface area contributed by atoms with Gasteiger partial charge >= 0.3 is 0 Å². The number of thiophene rings is 1. The zero-order valence-electron chi connectivity index (χ0n) is 14.1. The summed E-state index contributed by atoms with van der Waals surface area (Å²) >= 11 is 4.39. The molecule has 5 nitrogen and oxygen atoms in total. The van der Waals surface area contributed by atoms with E-state index in [0.717, 1.165) is 6.07 Å². The molecule has 1 N–H and O–H groups in total. The third kappa shape index (κ3) is 4.31. The molecule has 2 heterocycles. The molecule has 1 aromatic carbocycles. The van der Waals surface area contributed by atoms with Crippen LogP contribution in [0, 0.1) is 12.7 Å². The van der Waals surface area contributed by atoms with E-state index in [9.17, 15) is 17.6 Å². The van der Waals surface area contributed by atoms with Crippen LogP contribution in [0.5, 0.6) is 0 Å². The van der Waals surface area contributed by atoms with Gasteiger partial charge < -0.3 is 9.73 Å². The molecule has 27 heavy (non-hydrogen) atoms. The van der Waals surface area contributed by atoms with Crippen molar-refractivity contribution in [2.24, 2.45) is 0 Å². The first-order valence-corrected chi connectivity index (χ1v) is 11.1. The van der Waals surface area contributed by atoms with E-state index in [1.807, 2.05) is 0 Å². The summed E-state index contributed by atoms with van der Waals surface area (Å²) in [6, 6.07) is 10.2. The van der Waals surface area contributed by atoms with Gasteiger partial charge in [-0.3, -0.25) is 4.79 Å². The maximum absolute atomic E-state index is 13.5. The molecule has 0 spiro atoms. The molecule has 0 aliphatic rings. The quantitative estimate of drug-likeness (QED) is 0.537. The SMILES string of the molecule is Cc1cc(S(=O)(=O)C(CNC(=O)c2ccc(Br)o2)c2cccs2)ccc1F. The van der Waals surface area contributed by atoms with Crippen molar-refractivity contribution in [2.75, 3.05) is 6.54 Å². The van der Waals surface area contributed by atoms with Gasteiger partial charge in [0, 0.05) is 11.4 Å². The Morgan fingerprint density at radius 2 is 2.07 bits per heavy atom. The first kappa shape index (κ1) is 19.8. The Morgan fingerprint density at radius 3 is 2.67 bits per heavy atom. The number of nitrogens with one attached hydrogen (secondary N) is 1. The molecule has 1 unspecified atom stereocenters. The molecule has 2 aromatic heterocycles. The van der Waals surface area contributed by atoms with Crippen molar-refractivity contribution in [3.63, 3.8) is 0 Å². The van der Waals surface area contributed by atoms with Crippen LogP contribution in [0.2, 0.25) is 0 Å². The number of sulfone groups is 1. The fraction of sp³-hybridized carbons (Fsp3) is 0.167. The van der Waals surface area contributed by atoms with E-state index in [4.69, 9.17) is 4.42 Å². The van der Waals surface area contributed by atoms with Crippen LogP contribution in [-0.4, -0.2) is 20.9 Å². The topological polar surface area (TPSA) is 76.4 Å². The maximum atomic E-state index is 13.5. The second-order valence-electron chi connectivity index (χ2n) is 5.77. The van der Waals surface area contributed by atoms with Crippen molar-refractivity contribution < 1.29 is 22.0 Å². The van der Waals surface area contributed by atoms with Gasteiger partial charge in [0.25, 0.3) is 5.91 Å². The van der Waals surface area contributed by atoms with Crippen molar-refractivity contribution >= 4 is 43.0 Å². The van der Waals surface area contributed by atoms with Gasteiger partial charge in [0.05, 0.1) is 4.90 Å². The lowest BCUT2D eigenvalue weighted by atomic mass is 10.2. The van der Waals surface area contributed by atoms with E-state index in [2.05, 4.69) is 21.2 Å². The van der Waals surface area contributed by atoms with Crippen LogP contribution in [0.25, 0.3) is 0 Å². The molecular formula is C18H15BrFNO4S2. The molecule has 0 aliphatic carbocycles. The smallest absolute Gasteiger partial charge is 0.287 e. The van der Waals surface area contributed by atoms with E-state index >= 15 is 0 Å². The Morgan fingerprint density at radius 1 is 1.30 bits per heavy atom. The summed E-state index contributed by atoms with van der Waals surface area (Å²) in [5.41, 5.74) is 0.241. The first-order valence-electron chi connectivity index (χ1n) is 7.86. The highest BCUT2D eigenvalue weighted by atomic mass is 79.9. The Hall–Kier alpha value is -1.97. The average molecular weight is 472 g/mol. The standard InChI is InChI=1S/C18H15BrFNO4S2/c1-11-9-12(4-5-13(11)20)27(23,24)16(15-3-2-8-26-15)10-21-18(22)14-6-7-17(19)25-14/h2-9,16H,10H2,1H3,(H,21,22). The molecule has 3 aromatic rings. The normalized spacial score (nSPS) is 12.7. The van der Waals surface area contributed by atoms with E-state index < -0.39 is 26.8 Å². The van der Waals surface area contributed by atoms with Crippen LogP contribution >= 0.6 is 27.3 Å². The number of aryl methyl sites for hydroxylation is 1. The van der Waals surface area contributed by atoms with Gasteiger partial charge in [-0.1, -0.05) is 6.07 Å². The van der Waals surface area contributed by atoms with Gasteiger partial charge in [-0.15, -0.1) is 11.3 Å². The van der Waals surface area contributed by atoms with Crippen molar-refractivity contribution in [1.82, 2.24) is 5.32 Å². The molecule has 142 valence electrons. The van der Waals surface area contributed by atoms with Crippen LogP contribution < -0.4 is 5.32 Å². The largest absolute Gasteiger partial charge is 0.444 e. The highest BCUT2D eigenvalue weighted by Gasteiger charge is 2.31. The summed E-state index contributed by atoms with van der Waals surface area (Å²) in [6.45, 7) is 1.36. The lowest BCUT2D eigenvalue weighted by molar-refractivity contribution is 0.0925. The van der Waals surface area contributed by atoms with E-state index in [-0.39, 0.29) is 22.8 Å². The van der Waals surface area contributed by atoms with Gasteiger partial charge in [0.15, 0.2) is 20.3 Å². The van der Waals surface area contributed by atoms with Gasteiger partial charge in [-0.25, -0.2) is 12.8 Å². The number of benzene rings is 1. The van der Waals surface area contributed by atoms with E-state index in [1.165, 1.54) is 36.5 Å². The molecular weight excluding hydrogens is 457 g/mol. The number of furan rings is 1. The van der Waals surface area contributed by atoms with E-state index in [0.29, 0.717) is 9.55 Å². The van der Waals surface area contributed by atoms with Crippen LogP contribution in [-0.2, 0) is 9.84 Å². The molecule has 3 rings (SSSR count). The van der Waals surface area contributed by atoms with Crippen molar-refractivity contribution in [3.8, 4) is 0 Å². The summed E-state index contributed by atoms with van der Waals surface area (Å²) in [5.74, 6) is -0.923. The highest BCUT2D eigenvalue weighted by molar-refractivity contribution is 9.10. The molecule has 0 radical (unpaired) electrons. The zero-order valence-corrected chi connectivity index (χ0v) is 17.3. The molecule has 0 saturated carbocycles. The van der Waals surface area contributed by atoms with Crippen molar-refractivity contribution in [3.05, 3.63) is 74.5 Å². The Balaban J connectivity index is 1.89. The van der Waals surface area contributed by atoms with Crippen LogP contribution in [0.4, 0.5) is 4.39 Å². The number of hydrogen-bond donors (Lipinski definition) is 1. The Labute approximate surface area is 168 Å². The molecule has 1 atom stereocenters. The van der Waals surface area contributed by atoms with Gasteiger partial charge in [0.2, 0.25) is 0 Å². The predicted octanol–water partition coefficient (Wildman–Crippen LogP) is 4.50. The van der Waals surface area contributed by atoms with Gasteiger partial charge in [-0.05, 0) is 70.2 Å². The molecule has 1 amide bonds. The molecule has 0 saturated heterocycles. The average Bonchev–Trinajstić information content (AvgIpc) is 3.29. The number of halogens is 2. The van der Waals surface area contributed by atoms with Crippen LogP contribution in [0.15, 0.2) is 61.8 Å². The zero-order chi connectivity index (χ0) is 19.6. The summed E-state index contributed by atoms with van der Waals surface area (Å²) in [5, 5.41) is 3.37. The second-order valence-corrected chi connectivity index (χ2v) is 9.67. The third-order valence-electron chi connectivity index (χ3n) is 3.94. The fourth-order valence-corrected chi connectivity index (χ4v) is 5.68. The van der Waals surface area contributed by atoms with Gasteiger partial charge in [0.1, 0.15) is 11.1 Å².